The molecule has 2 saturated heterocycles. The maximum Gasteiger partial charge on any atom is 0.240 e. The lowest BCUT2D eigenvalue weighted by Gasteiger charge is -2.38. The average molecular weight is 337 g/mol. The third kappa shape index (κ3) is 2.74. The number of rotatable bonds is 3. The Morgan fingerprint density at radius 2 is 1.84 bits per heavy atom. The fourth-order valence-electron chi connectivity index (χ4n) is 4.23. The van der Waals surface area contributed by atoms with E-state index in [1.807, 2.05) is 6.20 Å². The van der Waals surface area contributed by atoms with Gasteiger partial charge in [-0.15, -0.1) is 0 Å². The molecule has 6 nitrogen and oxygen atoms in total. The lowest BCUT2D eigenvalue weighted by Crippen LogP contribution is -2.52. The van der Waals surface area contributed by atoms with Gasteiger partial charge in [-0.2, -0.15) is 0 Å². The molecule has 2 aromatic rings. The number of piperazine rings is 1. The predicted molar refractivity (Wildman–Crippen MR) is 96.5 cm³/mol. The van der Waals surface area contributed by atoms with Crippen molar-refractivity contribution in [2.75, 3.05) is 37.6 Å². The molecule has 3 aliphatic rings. The minimum absolute atomic E-state index is 0.118. The first-order valence-electron chi connectivity index (χ1n) is 9.29. The molecule has 0 N–H and O–H groups in total. The molecule has 0 radical (unpaired) electrons. The van der Waals surface area contributed by atoms with Gasteiger partial charge in [-0.1, -0.05) is 0 Å². The Morgan fingerprint density at radius 3 is 2.64 bits per heavy atom. The first kappa shape index (κ1) is 15.1. The van der Waals surface area contributed by atoms with Crippen LogP contribution in [0.5, 0.6) is 0 Å². The summed E-state index contributed by atoms with van der Waals surface area (Å²) in [5.41, 5.74) is 2.20. The number of carbonyl (C=O) groups is 1. The minimum Gasteiger partial charge on any atom is -0.369 e. The van der Waals surface area contributed by atoms with Crippen LogP contribution >= 0.6 is 0 Å². The maximum atomic E-state index is 12.6. The van der Waals surface area contributed by atoms with Gasteiger partial charge in [0.15, 0.2) is 0 Å². The average Bonchev–Trinajstić information content (AvgIpc) is 3.44. The van der Waals surface area contributed by atoms with E-state index in [4.69, 9.17) is 0 Å². The molecule has 130 valence electrons. The van der Waals surface area contributed by atoms with Gasteiger partial charge in [0.05, 0.1) is 11.6 Å². The van der Waals surface area contributed by atoms with Crippen LogP contribution in [0.25, 0.3) is 10.9 Å². The third-order valence-electron chi connectivity index (χ3n) is 5.81. The Balaban J connectivity index is 1.25. The summed E-state index contributed by atoms with van der Waals surface area (Å²) < 4.78 is 0. The van der Waals surface area contributed by atoms with Crippen molar-refractivity contribution in [1.29, 1.82) is 0 Å². The van der Waals surface area contributed by atoms with Crippen LogP contribution in [0.1, 0.15) is 19.3 Å². The molecule has 3 heterocycles. The molecular formula is C19H23N5O. The van der Waals surface area contributed by atoms with Crippen molar-refractivity contribution < 1.29 is 4.79 Å². The number of fused-ring (bicyclic) bond motifs is 1. The van der Waals surface area contributed by atoms with Gasteiger partial charge in [0.1, 0.15) is 6.33 Å². The number of amides is 1. The van der Waals surface area contributed by atoms with Crippen LogP contribution in [0.3, 0.4) is 0 Å². The zero-order chi connectivity index (χ0) is 16.8. The van der Waals surface area contributed by atoms with Crippen molar-refractivity contribution in [3.63, 3.8) is 0 Å². The summed E-state index contributed by atoms with van der Waals surface area (Å²) in [6, 6.07) is 7.04. The summed E-state index contributed by atoms with van der Waals surface area (Å²) in [7, 11) is 0. The first-order chi connectivity index (χ1) is 12.3. The van der Waals surface area contributed by atoms with Crippen LogP contribution in [-0.2, 0) is 4.79 Å². The van der Waals surface area contributed by atoms with Crippen LogP contribution in [0.2, 0.25) is 0 Å². The Morgan fingerprint density at radius 1 is 1.00 bits per heavy atom. The van der Waals surface area contributed by atoms with Crippen LogP contribution in [-0.4, -0.2) is 70.5 Å². The number of aromatic nitrogens is 2. The number of nitrogens with zero attached hydrogens (tertiary/aromatic N) is 5. The molecule has 1 saturated carbocycles. The summed E-state index contributed by atoms with van der Waals surface area (Å²) in [6.45, 7) is 4.80. The van der Waals surface area contributed by atoms with E-state index >= 15 is 0 Å². The zero-order valence-corrected chi connectivity index (χ0v) is 14.3. The summed E-state index contributed by atoms with van der Waals surface area (Å²) >= 11 is 0. The normalized spacial score (nSPS) is 25.1. The molecule has 1 unspecified atom stereocenters. The highest BCUT2D eigenvalue weighted by molar-refractivity contribution is 5.84. The molecule has 1 aromatic heterocycles. The van der Waals surface area contributed by atoms with E-state index in [2.05, 4.69) is 42.9 Å². The largest absolute Gasteiger partial charge is 0.369 e. The molecule has 2 aliphatic heterocycles. The minimum atomic E-state index is 0.118. The van der Waals surface area contributed by atoms with Crippen LogP contribution in [0.4, 0.5) is 5.69 Å². The van der Waals surface area contributed by atoms with Crippen LogP contribution in [0, 0.1) is 0 Å². The smallest absolute Gasteiger partial charge is 0.240 e. The van der Waals surface area contributed by atoms with Crippen molar-refractivity contribution in [2.45, 2.75) is 31.3 Å². The second-order valence-electron chi connectivity index (χ2n) is 7.36. The van der Waals surface area contributed by atoms with E-state index in [0.29, 0.717) is 11.9 Å². The predicted octanol–water partition coefficient (Wildman–Crippen LogP) is 1.52. The van der Waals surface area contributed by atoms with E-state index in [0.717, 1.165) is 50.0 Å². The summed E-state index contributed by atoms with van der Waals surface area (Å²) in [6.07, 6.45) is 6.87. The van der Waals surface area contributed by atoms with Gasteiger partial charge in [0.25, 0.3) is 0 Å². The van der Waals surface area contributed by atoms with Gasteiger partial charge >= 0.3 is 0 Å². The van der Waals surface area contributed by atoms with E-state index in [-0.39, 0.29) is 6.04 Å². The zero-order valence-electron chi connectivity index (χ0n) is 14.3. The van der Waals surface area contributed by atoms with Gasteiger partial charge in [0.2, 0.25) is 5.91 Å². The lowest BCUT2D eigenvalue weighted by molar-refractivity contribution is -0.132. The number of hydrogen-bond acceptors (Lipinski definition) is 5. The highest BCUT2D eigenvalue weighted by atomic mass is 16.2. The molecule has 3 fully saturated rings. The monoisotopic (exact) mass is 337 g/mol. The van der Waals surface area contributed by atoms with Crippen molar-refractivity contribution in [3.8, 4) is 0 Å². The second kappa shape index (κ2) is 5.95. The van der Waals surface area contributed by atoms with Crippen LogP contribution < -0.4 is 4.90 Å². The van der Waals surface area contributed by atoms with E-state index < -0.39 is 0 Å². The number of benzene rings is 1. The highest BCUT2D eigenvalue weighted by Gasteiger charge is 2.43. The molecule has 0 bridgehead atoms. The van der Waals surface area contributed by atoms with Crippen molar-refractivity contribution in [3.05, 3.63) is 30.7 Å². The van der Waals surface area contributed by atoms with Gasteiger partial charge in [-0.3, -0.25) is 9.69 Å². The fraction of sp³-hybridized carbons (Fsp3) is 0.526. The quantitative estimate of drug-likeness (QED) is 0.850. The maximum absolute atomic E-state index is 12.6. The van der Waals surface area contributed by atoms with Crippen molar-refractivity contribution in [1.82, 2.24) is 19.8 Å². The van der Waals surface area contributed by atoms with E-state index in [9.17, 15) is 4.79 Å². The number of carbonyl (C=O) groups excluding carboxylic acids is 1. The number of likely N-dealkylation sites (tertiary alicyclic amines) is 1. The molecule has 1 aromatic carbocycles. The van der Waals surface area contributed by atoms with Crippen LogP contribution in [0.15, 0.2) is 30.7 Å². The molecule has 1 atom stereocenters. The molecule has 0 spiro atoms. The Bertz CT molecular complexity index is 797. The first-order valence-corrected chi connectivity index (χ1v) is 9.29. The van der Waals surface area contributed by atoms with E-state index in [1.165, 1.54) is 18.5 Å². The summed E-state index contributed by atoms with van der Waals surface area (Å²) in [5, 5.41) is 1.08. The standard InChI is InChI=1S/C19H23N5O/c25-19-18(5-6-24(19)15-1-2-15)23-9-7-22(8-10-23)16-3-4-17-14(11-16)12-20-13-21-17/h3-4,11-13,15,18H,1-2,5-10H2. The lowest BCUT2D eigenvalue weighted by atomic mass is 10.1. The number of anilines is 1. The number of hydrogen-bond donors (Lipinski definition) is 0. The third-order valence-corrected chi connectivity index (χ3v) is 5.81. The second-order valence-corrected chi connectivity index (χ2v) is 7.36. The topological polar surface area (TPSA) is 52.6 Å². The summed E-state index contributed by atoms with van der Waals surface area (Å²) in [4.78, 5) is 28.0. The fourth-order valence-corrected chi connectivity index (χ4v) is 4.23. The molecule has 6 heteroatoms. The van der Waals surface area contributed by atoms with Gasteiger partial charge in [-0.05, 0) is 37.5 Å². The Kier molecular flexibility index (Phi) is 3.59. The Labute approximate surface area is 147 Å². The SMILES string of the molecule is O=C1C(N2CCN(c3ccc4ncncc4c3)CC2)CCN1C1CC1. The van der Waals surface area contributed by atoms with Gasteiger partial charge < -0.3 is 9.80 Å². The molecular weight excluding hydrogens is 314 g/mol. The molecule has 25 heavy (non-hydrogen) atoms. The van der Waals surface area contributed by atoms with Gasteiger partial charge in [-0.25, -0.2) is 9.97 Å². The van der Waals surface area contributed by atoms with Crippen molar-refractivity contribution in [2.24, 2.45) is 0 Å². The molecule has 1 aliphatic carbocycles. The molecule has 5 rings (SSSR count). The van der Waals surface area contributed by atoms with E-state index in [1.54, 1.807) is 6.33 Å². The highest BCUT2D eigenvalue weighted by Crippen LogP contribution is 2.32. The molecule has 1 amide bonds. The van der Waals surface area contributed by atoms with Gasteiger partial charge in [0, 0.05) is 56.0 Å². The van der Waals surface area contributed by atoms with Crippen molar-refractivity contribution >= 4 is 22.5 Å². The Hall–Kier alpha value is -2.21. The summed E-state index contributed by atoms with van der Waals surface area (Å²) in [5.74, 6) is 0.374.